The van der Waals surface area contributed by atoms with Crippen LogP contribution in [0.2, 0.25) is 0 Å². The summed E-state index contributed by atoms with van der Waals surface area (Å²) >= 11 is 3.46. The van der Waals surface area contributed by atoms with Gasteiger partial charge in [0.1, 0.15) is 6.61 Å². The highest BCUT2D eigenvalue weighted by Gasteiger charge is 2.37. The maximum absolute atomic E-state index is 13.1. The van der Waals surface area contributed by atoms with Gasteiger partial charge in [0.15, 0.2) is 0 Å². The van der Waals surface area contributed by atoms with Gasteiger partial charge in [0, 0.05) is 29.2 Å². The van der Waals surface area contributed by atoms with Gasteiger partial charge >= 0.3 is 6.09 Å². The van der Waals surface area contributed by atoms with Crippen molar-refractivity contribution in [3.63, 3.8) is 0 Å². The van der Waals surface area contributed by atoms with E-state index >= 15 is 0 Å². The molecule has 166 valence electrons. The van der Waals surface area contributed by atoms with E-state index in [0.29, 0.717) is 36.7 Å². The second-order valence-electron chi connectivity index (χ2n) is 8.21. The highest BCUT2D eigenvalue weighted by Crippen LogP contribution is 2.34. The lowest BCUT2D eigenvalue weighted by Gasteiger charge is -2.39. The van der Waals surface area contributed by atoms with E-state index in [1.54, 1.807) is 17.0 Å². The maximum Gasteiger partial charge on any atom is 0.414 e. The van der Waals surface area contributed by atoms with Crippen molar-refractivity contribution in [1.29, 1.82) is 0 Å². The van der Waals surface area contributed by atoms with E-state index in [1.807, 2.05) is 30.3 Å². The van der Waals surface area contributed by atoms with Crippen LogP contribution in [0.1, 0.15) is 50.2 Å². The van der Waals surface area contributed by atoms with Gasteiger partial charge in [-0.1, -0.05) is 41.9 Å². The zero-order valence-corrected chi connectivity index (χ0v) is 20.2. The molecule has 0 aliphatic carbocycles. The number of hydrogen-bond acceptors (Lipinski definition) is 4. The molecule has 4 rings (SSSR count). The lowest BCUT2D eigenvalue weighted by Crippen LogP contribution is -2.50. The molecule has 0 saturated carbocycles. The van der Waals surface area contributed by atoms with E-state index in [9.17, 15) is 13.2 Å². The van der Waals surface area contributed by atoms with Gasteiger partial charge in [-0.25, -0.2) is 13.2 Å². The first-order valence-corrected chi connectivity index (χ1v) is 12.9. The van der Waals surface area contributed by atoms with Crippen molar-refractivity contribution >= 4 is 37.7 Å². The summed E-state index contributed by atoms with van der Waals surface area (Å²) in [7, 11) is -3.55. The fraction of sp³-hybridized carbons (Fsp3) is 0.435. The smallest absolute Gasteiger partial charge is 0.414 e. The van der Waals surface area contributed by atoms with Crippen LogP contribution in [-0.4, -0.2) is 37.9 Å². The normalized spacial score (nSPS) is 19.1. The zero-order chi connectivity index (χ0) is 22.2. The van der Waals surface area contributed by atoms with Crippen molar-refractivity contribution in [2.75, 3.05) is 18.0 Å². The number of piperidine rings is 1. The number of carbonyl (C=O) groups is 1. The van der Waals surface area contributed by atoms with Crippen LogP contribution in [0.4, 0.5) is 10.5 Å². The third-order valence-electron chi connectivity index (χ3n) is 6.34. The van der Waals surface area contributed by atoms with Crippen LogP contribution in [0, 0.1) is 0 Å². The van der Waals surface area contributed by atoms with Crippen molar-refractivity contribution in [2.24, 2.45) is 0 Å². The maximum atomic E-state index is 13.1. The molecule has 2 heterocycles. The quantitative estimate of drug-likeness (QED) is 0.553. The number of rotatable bonds is 5. The molecule has 2 aromatic rings. The van der Waals surface area contributed by atoms with E-state index in [-0.39, 0.29) is 18.7 Å². The molecule has 1 unspecified atom stereocenters. The van der Waals surface area contributed by atoms with Crippen molar-refractivity contribution in [3.05, 3.63) is 58.1 Å². The minimum atomic E-state index is -3.55. The topological polar surface area (TPSA) is 66.9 Å². The molecule has 0 aromatic heterocycles. The lowest BCUT2D eigenvalue weighted by atomic mass is 9.99. The van der Waals surface area contributed by atoms with Crippen molar-refractivity contribution < 1.29 is 17.9 Å². The van der Waals surface area contributed by atoms with Gasteiger partial charge in [0.05, 0.1) is 10.6 Å². The molecule has 6 nitrogen and oxygen atoms in total. The van der Waals surface area contributed by atoms with Crippen LogP contribution in [0.5, 0.6) is 0 Å². The molecule has 1 fully saturated rings. The Morgan fingerprint density at radius 3 is 2.45 bits per heavy atom. The summed E-state index contributed by atoms with van der Waals surface area (Å²) in [6, 6.07) is 12.9. The summed E-state index contributed by atoms with van der Waals surface area (Å²) in [5, 5.41) is 0. The minimum Gasteiger partial charge on any atom is -0.444 e. The number of amides is 1. The van der Waals surface area contributed by atoms with Gasteiger partial charge in [-0.05, 0) is 61.1 Å². The second-order valence-corrected chi connectivity index (χ2v) is 11.1. The molecule has 1 amide bonds. The highest BCUT2D eigenvalue weighted by molar-refractivity contribution is 9.10. The Morgan fingerprint density at radius 1 is 1.13 bits per heavy atom. The fourth-order valence-corrected chi connectivity index (χ4v) is 6.13. The van der Waals surface area contributed by atoms with E-state index < -0.39 is 10.0 Å². The number of fused-ring (bicyclic) bond motifs is 1. The predicted octanol–water partition coefficient (Wildman–Crippen LogP) is 5.27. The number of halogens is 1. The number of cyclic esters (lactones) is 1. The summed E-state index contributed by atoms with van der Waals surface area (Å²) in [5.41, 5.74) is 2.95. The highest BCUT2D eigenvalue weighted by atomic mass is 79.9. The van der Waals surface area contributed by atoms with E-state index in [4.69, 9.17) is 4.74 Å². The Balaban J connectivity index is 1.48. The molecule has 1 atom stereocenters. The van der Waals surface area contributed by atoms with Gasteiger partial charge in [-0.2, -0.15) is 4.31 Å². The van der Waals surface area contributed by atoms with Crippen LogP contribution in [-0.2, 0) is 21.4 Å². The summed E-state index contributed by atoms with van der Waals surface area (Å²) < 4.78 is 34.1. The Labute approximate surface area is 192 Å². The third-order valence-corrected chi connectivity index (χ3v) is 8.74. The van der Waals surface area contributed by atoms with Gasteiger partial charge in [-0.3, -0.25) is 4.90 Å². The van der Waals surface area contributed by atoms with E-state index in [0.717, 1.165) is 27.7 Å². The molecule has 0 N–H and O–H groups in total. The number of nitrogens with zero attached hydrogens (tertiary/aromatic N) is 2. The molecule has 0 bridgehead atoms. The molecule has 8 heteroatoms. The van der Waals surface area contributed by atoms with Crippen molar-refractivity contribution in [3.8, 4) is 0 Å². The van der Waals surface area contributed by atoms with Crippen LogP contribution < -0.4 is 4.90 Å². The monoisotopic (exact) mass is 506 g/mol. The Hall–Kier alpha value is -1.90. The number of anilines is 1. The standard InChI is InChI=1S/C23H27BrN2O4S/c1-3-16(2)17-4-7-21(8-5-17)31(28,29)25-12-10-20(11-13-25)26-22-9-6-19(24)14-18(22)15-30-23(26)27/h4-9,14,16,20H,3,10-13,15H2,1-2H3. The average molecular weight is 507 g/mol. The molecule has 2 aliphatic rings. The molecular formula is C23H27BrN2O4S. The molecule has 2 aromatic carbocycles. The molecule has 31 heavy (non-hydrogen) atoms. The first-order valence-electron chi connectivity index (χ1n) is 10.7. The van der Waals surface area contributed by atoms with Crippen LogP contribution in [0.3, 0.4) is 0 Å². The molecule has 0 spiro atoms. The van der Waals surface area contributed by atoms with E-state index in [2.05, 4.69) is 29.8 Å². The number of benzene rings is 2. The second kappa shape index (κ2) is 8.92. The number of sulfonamides is 1. The van der Waals surface area contributed by atoms with Crippen LogP contribution >= 0.6 is 15.9 Å². The summed E-state index contributed by atoms with van der Waals surface area (Å²) in [4.78, 5) is 14.5. The first-order chi connectivity index (χ1) is 14.8. The molecule has 0 radical (unpaired) electrons. The van der Waals surface area contributed by atoms with E-state index in [1.165, 1.54) is 4.31 Å². The molecular weight excluding hydrogens is 480 g/mol. The largest absolute Gasteiger partial charge is 0.444 e. The van der Waals surface area contributed by atoms with Gasteiger partial charge in [-0.15, -0.1) is 0 Å². The summed E-state index contributed by atoms with van der Waals surface area (Å²) in [5.74, 6) is 0.403. The third kappa shape index (κ3) is 4.38. The molecule has 1 saturated heterocycles. The number of hydrogen-bond donors (Lipinski definition) is 0. The summed E-state index contributed by atoms with van der Waals surface area (Å²) in [6.07, 6.45) is 1.78. The Morgan fingerprint density at radius 2 is 1.81 bits per heavy atom. The molecule has 2 aliphatic heterocycles. The van der Waals surface area contributed by atoms with Gasteiger partial charge in [0.2, 0.25) is 10.0 Å². The first kappa shape index (κ1) is 22.3. The average Bonchev–Trinajstić information content (AvgIpc) is 2.79. The lowest BCUT2D eigenvalue weighted by molar-refractivity contribution is 0.135. The minimum absolute atomic E-state index is 0.0908. The van der Waals surface area contributed by atoms with Gasteiger partial charge < -0.3 is 4.74 Å². The summed E-state index contributed by atoms with van der Waals surface area (Å²) in [6.45, 7) is 5.25. The fourth-order valence-electron chi connectivity index (χ4n) is 4.25. The number of carbonyl (C=O) groups excluding carboxylic acids is 1. The van der Waals surface area contributed by atoms with Crippen molar-refractivity contribution in [1.82, 2.24) is 4.31 Å². The van der Waals surface area contributed by atoms with Crippen LogP contribution in [0.15, 0.2) is 51.8 Å². The number of ether oxygens (including phenoxy) is 1. The Kier molecular flexibility index (Phi) is 6.42. The Bertz CT molecular complexity index is 1060. The van der Waals surface area contributed by atoms with Gasteiger partial charge in [0.25, 0.3) is 0 Å². The van der Waals surface area contributed by atoms with Crippen LogP contribution in [0.25, 0.3) is 0 Å². The van der Waals surface area contributed by atoms with Crippen molar-refractivity contribution in [2.45, 2.75) is 56.6 Å². The zero-order valence-electron chi connectivity index (χ0n) is 17.8. The predicted molar refractivity (Wildman–Crippen MR) is 124 cm³/mol. The SMILES string of the molecule is CCC(C)c1ccc(S(=O)(=O)N2CCC(N3C(=O)OCc4cc(Br)ccc43)CC2)cc1.